The minimum atomic E-state index is -4.67. The summed E-state index contributed by atoms with van der Waals surface area (Å²) >= 11 is 1.39. The molecule has 1 atom stereocenters. The van der Waals surface area contributed by atoms with E-state index in [1.54, 1.807) is 11.4 Å². The molecule has 0 N–H and O–H groups in total. The third-order valence-electron chi connectivity index (χ3n) is 4.11. The van der Waals surface area contributed by atoms with E-state index in [0.29, 0.717) is 18.1 Å². The Morgan fingerprint density at radius 2 is 2.04 bits per heavy atom. The summed E-state index contributed by atoms with van der Waals surface area (Å²) in [5, 5.41) is 1.74. The van der Waals surface area contributed by atoms with Crippen LogP contribution in [0.4, 0.5) is 13.2 Å². The molecule has 1 unspecified atom stereocenters. The average molecular weight is 405 g/mol. The molecule has 1 aliphatic heterocycles. The third kappa shape index (κ3) is 3.24. The van der Waals surface area contributed by atoms with E-state index in [2.05, 4.69) is 0 Å². The lowest BCUT2D eigenvalue weighted by Gasteiger charge is -2.33. The van der Waals surface area contributed by atoms with Gasteiger partial charge in [-0.1, -0.05) is 6.07 Å². The Balaban J connectivity index is 2.08. The second-order valence-corrected chi connectivity index (χ2v) is 8.51. The minimum absolute atomic E-state index is 0.0220. The van der Waals surface area contributed by atoms with Crippen molar-refractivity contribution in [2.75, 3.05) is 13.7 Å². The second-order valence-electron chi connectivity index (χ2n) is 5.62. The molecule has 0 radical (unpaired) electrons. The highest BCUT2D eigenvalue weighted by atomic mass is 32.2. The molecule has 0 saturated heterocycles. The smallest absolute Gasteiger partial charge is 0.416 e. The summed E-state index contributed by atoms with van der Waals surface area (Å²) in [4.78, 5) is 12.6. The number of carbonyl (C=O) groups excluding carboxylic acids is 1. The van der Waals surface area contributed by atoms with Gasteiger partial charge in [-0.25, -0.2) is 13.2 Å². The maximum atomic E-state index is 13.0. The van der Waals surface area contributed by atoms with Crippen molar-refractivity contribution in [2.45, 2.75) is 23.5 Å². The summed E-state index contributed by atoms with van der Waals surface area (Å²) in [7, 11) is -3.20. The molecule has 2 heterocycles. The molecule has 1 aliphatic rings. The van der Waals surface area contributed by atoms with E-state index >= 15 is 0 Å². The zero-order valence-electron chi connectivity index (χ0n) is 13.5. The Morgan fingerprint density at radius 1 is 1.31 bits per heavy atom. The van der Waals surface area contributed by atoms with E-state index in [4.69, 9.17) is 4.74 Å². The third-order valence-corrected chi connectivity index (χ3v) is 6.97. The number of benzene rings is 1. The second kappa shape index (κ2) is 6.67. The topological polar surface area (TPSA) is 63.7 Å². The van der Waals surface area contributed by atoms with Crippen LogP contribution in [0, 0.1) is 0 Å². The van der Waals surface area contributed by atoms with Crippen LogP contribution < -0.4 is 0 Å². The van der Waals surface area contributed by atoms with Gasteiger partial charge in [0.25, 0.3) is 0 Å². The largest absolute Gasteiger partial charge is 0.468 e. The maximum Gasteiger partial charge on any atom is 0.416 e. The van der Waals surface area contributed by atoms with Crippen LogP contribution >= 0.6 is 11.3 Å². The number of hydrogen-bond donors (Lipinski definition) is 0. The van der Waals surface area contributed by atoms with Gasteiger partial charge in [0.2, 0.25) is 10.0 Å². The molecule has 1 aromatic carbocycles. The van der Waals surface area contributed by atoms with E-state index < -0.39 is 38.7 Å². The van der Waals surface area contributed by atoms with Crippen LogP contribution in [0.5, 0.6) is 0 Å². The highest BCUT2D eigenvalue weighted by Crippen LogP contribution is 2.38. The summed E-state index contributed by atoms with van der Waals surface area (Å²) in [5.74, 6) is -0.778. The van der Waals surface area contributed by atoms with Gasteiger partial charge in [-0.15, -0.1) is 11.3 Å². The molecule has 140 valence electrons. The van der Waals surface area contributed by atoms with Crippen LogP contribution in [-0.2, 0) is 32.2 Å². The van der Waals surface area contributed by atoms with Crippen LogP contribution in [-0.4, -0.2) is 32.3 Å². The Morgan fingerprint density at radius 3 is 2.69 bits per heavy atom. The van der Waals surface area contributed by atoms with Crippen molar-refractivity contribution in [3.8, 4) is 0 Å². The van der Waals surface area contributed by atoms with Gasteiger partial charge in [0.1, 0.15) is 6.04 Å². The fourth-order valence-electron chi connectivity index (χ4n) is 2.88. The first-order valence-electron chi connectivity index (χ1n) is 7.49. The SMILES string of the molecule is COC(=O)C1c2ccsc2CCN1S(=O)(=O)c1cccc(C(F)(F)F)c1. The number of alkyl halides is 3. The quantitative estimate of drug-likeness (QED) is 0.736. The lowest BCUT2D eigenvalue weighted by molar-refractivity contribution is -0.145. The van der Waals surface area contributed by atoms with E-state index in [0.717, 1.165) is 34.5 Å². The summed E-state index contributed by atoms with van der Waals surface area (Å²) in [5.41, 5.74) is -0.565. The fraction of sp³-hybridized carbons (Fsp3) is 0.312. The molecule has 0 saturated carbocycles. The van der Waals surface area contributed by atoms with Gasteiger partial charge < -0.3 is 4.74 Å². The van der Waals surface area contributed by atoms with Crippen molar-refractivity contribution in [2.24, 2.45) is 0 Å². The summed E-state index contributed by atoms with van der Waals surface area (Å²) in [6.45, 7) is -0.0220. The molecule has 2 aromatic rings. The Labute approximate surface area is 152 Å². The first-order chi connectivity index (χ1) is 12.2. The van der Waals surface area contributed by atoms with Crippen molar-refractivity contribution in [3.63, 3.8) is 0 Å². The Hall–Kier alpha value is -1.91. The zero-order valence-corrected chi connectivity index (χ0v) is 15.1. The molecule has 1 aromatic heterocycles. The predicted octanol–water partition coefficient (Wildman–Crippen LogP) is 3.23. The fourth-order valence-corrected chi connectivity index (χ4v) is 5.39. The molecule has 0 aliphatic carbocycles. The number of methoxy groups -OCH3 is 1. The lowest BCUT2D eigenvalue weighted by atomic mass is 10.0. The number of hydrogen-bond acceptors (Lipinski definition) is 5. The van der Waals surface area contributed by atoms with Crippen molar-refractivity contribution >= 4 is 27.3 Å². The number of nitrogens with zero attached hydrogens (tertiary/aromatic N) is 1. The molecule has 0 fully saturated rings. The molecule has 3 rings (SSSR count). The normalized spacial score (nSPS) is 18.4. The zero-order chi connectivity index (χ0) is 19.1. The standard InChI is InChI=1S/C16H14F3NO4S2/c1-24-15(21)14-12-6-8-25-13(12)5-7-20(14)26(22,23)11-4-2-3-10(9-11)16(17,18)19/h2-4,6,8-9,14H,5,7H2,1H3. The first kappa shape index (κ1) is 18.9. The van der Waals surface area contributed by atoms with Crippen molar-refractivity contribution in [1.82, 2.24) is 4.31 Å². The van der Waals surface area contributed by atoms with Crippen molar-refractivity contribution in [1.29, 1.82) is 0 Å². The van der Waals surface area contributed by atoms with Crippen LogP contribution in [0.25, 0.3) is 0 Å². The summed E-state index contributed by atoms with van der Waals surface area (Å²) in [6, 6.07) is 3.91. The molecule has 26 heavy (non-hydrogen) atoms. The van der Waals surface area contributed by atoms with Gasteiger partial charge in [0.05, 0.1) is 17.6 Å². The Bertz CT molecular complexity index is 937. The number of sulfonamides is 1. The van der Waals surface area contributed by atoms with Gasteiger partial charge in [-0.2, -0.15) is 17.5 Å². The highest BCUT2D eigenvalue weighted by Gasteiger charge is 2.42. The predicted molar refractivity (Wildman–Crippen MR) is 88.1 cm³/mol. The van der Waals surface area contributed by atoms with Gasteiger partial charge in [-0.3, -0.25) is 0 Å². The number of rotatable bonds is 3. The first-order valence-corrected chi connectivity index (χ1v) is 9.81. The van der Waals surface area contributed by atoms with Crippen LogP contribution in [0.1, 0.15) is 22.0 Å². The monoisotopic (exact) mass is 405 g/mol. The van der Waals surface area contributed by atoms with Gasteiger partial charge in [-0.05, 0) is 41.6 Å². The Kier molecular flexibility index (Phi) is 4.84. The average Bonchev–Trinajstić information content (AvgIpc) is 3.08. The van der Waals surface area contributed by atoms with Crippen LogP contribution in [0.2, 0.25) is 0 Å². The van der Waals surface area contributed by atoms with Crippen LogP contribution in [0.15, 0.2) is 40.6 Å². The van der Waals surface area contributed by atoms with Gasteiger partial charge >= 0.3 is 12.1 Å². The number of esters is 1. The van der Waals surface area contributed by atoms with E-state index in [1.807, 2.05) is 0 Å². The molecular weight excluding hydrogens is 391 g/mol. The molecule has 0 spiro atoms. The highest BCUT2D eigenvalue weighted by molar-refractivity contribution is 7.89. The number of thiophene rings is 1. The number of carbonyl (C=O) groups is 1. The number of ether oxygens (including phenoxy) is 1. The van der Waals surface area contributed by atoms with Crippen LogP contribution in [0.3, 0.4) is 0 Å². The maximum absolute atomic E-state index is 13.0. The molecule has 10 heteroatoms. The molecule has 0 amide bonds. The van der Waals surface area contributed by atoms with Crippen molar-refractivity contribution < 1.29 is 31.1 Å². The summed E-state index contributed by atoms with van der Waals surface area (Å²) in [6.07, 6.45) is -4.30. The number of halogens is 3. The molecular formula is C16H14F3NO4S2. The van der Waals surface area contributed by atoms with E-state index in [-0.39, 0.29) is 6.54 Å². The summed E-state index contributed by atoms with van der Waals surface area (Å²) < 4.78 is 70.4. The number of fused-ring (bicyclic) bond motifs is 1. The molecule has 0 bridgehead atoms. The van der Waals surface area contributed by atoms with E-state index in [9.17, 15) is 26.4 Å². The van der Waals surface area contributed by atoms with E-state index in [1.165, 1.54) is 11.3 Å². The van der Waals surface area contributed by atoms with Gasteiger partial charge in [0.15, 0.2) is 0 Å². The molecule has 5 nitrogen and oxygen atoms in total. The van der Waals surface area contributed by atoms with Crippen molar-refractivity contribution in [3.05, 3.63) is 51.7 Å². The lowest BCUT2D eigenvalue weighted by Crippen LogP contribution is -2.43. The van der Waals surface area contributed by atoms with Gasteiger partial charge in [0, 0.05) is 11.4 Å². The minimum Gasteiger partial charge on any atom is -0.468 e.